The van der Waals surface area contributed by atoms with Gasteiger partial charge in [0, 0.05) is 17.3 Å². The minimum absolute atomic E-state index is 0.00866. The molecule has 0 saturated heterocycles. The van der Waals surface area contributed by atoms with Gasteiger partial charge in [-0.1, -0.05) is 41.4 Å². The van der Waals surface area contributed by atoms with Crippen LogP contribution in [0.2, 0.25) is 5.02 Å². The number of benzene rings is 3. The fourth-order valence-electron chi connectivity index (χ4n) is 3.58. The van der Waals surface area contributed by atoms with Crippen LogP contribution in [0.4, 0.5) is 5.69 Å². The summed E-state index contributed by atoms with van der Waals surface area (Å²) in [5, 5.41) is 3.27. The van der Waals surface area contributed by atoms with Crippen molar-refractivity contribution in [2.45, 2.75) is 23.3 Å². The first-order valence-corrected chi connectivity index (χ1v) is 12.1. The first-order valence-electron chi connectivity index (χ1n) is 10.3. The van der Waals surface area contributed by atoms with E-state index in [1.54, 1.807) is 54.6 Å². The molecule has 4 rings (SSSR count). The predicted molar refractivity (Wildman–Crippen MR) is 131 cm³/mol. The first kappa shape index (κ1) is 23.5. The van der Waals surface area contributed by atoms with E-state index in [1.165, 1.54) is 30.0 Å². The van der Waals surface area contributed by atoms with Crippen LogP contribution < -0.4 is 15.5 Å². The number of pyridine rings is 1. The summed E-state index contributed by atoms with van der Waals surface area (Å²) in [6, 6.07) is 17.6. The second-order valence-corrected chi connectivity index (χ2v) is 10.0. The Hall–Kier alpha value is -3.62. The molecule has 0 spiro atoms. The van der Waals surface area contributed by atoms with Gasteiger partial charge in [-0.15, -0.1) is 0 Å². The summed E-state index contributed by atoms with van der Waals surface area (Å²) < 4.78 is 33.2. The summed E-state index contributed by atoms with van der Waals surface area (Å²) >= 11 is 6.12. The lowest BCUT2D eigenvalue weighted by atomic mass is 10.2. The van der Waals surface area contributed by atoms with E-state index in [0.717, 1.165) is 5.56 Å². The van der Waals surface area contributed by atoms with Crippen molar-refractivity contribution in [2.24, 2.45) is 0 Å². The number of nitrogens with zero attached hydrogens (tertiary/aromatic N) is 1. The normalized spacial score (nSPS) is 11.4. The molecule has 1 aromatic heterocycles. The molecule has 34 heavy (non-hydrogen) atoms. The topological polar surface area (TPSA) is 94.5 Å². The van der Waals surface area contributed by atoms with Crippen molar-refractivity contribution >= 4 is 43.9 Å². The molecule has 9 heteroatoms. The van der Waals surface area contributed by atoms with Gasteiger partial charge in [0.05, 0.1) is 22.5 Å². The van der Waals surface area contributed by atoms with Gasteiger partial charge in [-0.3, -0.25) is 9.59 Å². The van der Waals surface area contributed by atoms with Crippen LogP contribution in [0.5, 0.6) is 5.75 Å². The molecule has 0 unspecified atom stereocenters. The number of anilines is 1. The van der Waals surface area contributed by atoms with Crippen molar-refractivity contribution in [1.82, 2.24) is 4.57 Å². The molecule has 0 atom stereocenters. The summed E-state index contributed by atoms with van der Waals surface area (Å²) in [5.41, 5.74) is 1.17. The smallest absolute Gasteiger partial charge is 0.244 e. The Kier molecular flexibility index (Phi) is 6.45. The highest BCUT2D eigenvalue weighted by molar-refractivity contribution is 7.91. The monoisotopic (exact) mass is 496 g/mol. The van der Waals surface area contributed by atoms with Crippen LogP contribution in [-0.2, 0) is 21.2 Å². The van der Waals surface area contributed by atoms with Crippen LogP contribution in [0.15, 0.2) is 87.5 Å². The van der Waals surface area contributed by atoms with E-state index in [1.807, 2.05) is 6.92 Å². The Balaban J connectivity index is 1.75. The molecule has 174 valence electrons. The summed E-state index contributed by atoms with van der Waals surface area (Å²) in [7, 11) is -2.62. The van der Waals surface area contributed by atoms with Gasteiger partial charge in [-0.25, -0.2) is 8.42 Å². The zero-order valence-electron chi connectivity index (χ0n) is 18.4. The van der Waals surface area contributed by atoms with Crippen molar-refractivity contribution in [3.05, 3.63) is 93.7 Å². The summed E-state index contributed by atoms with van der Waals surface area (Å²) in [4.78, 5) is 25.5. The molecule has 0 aliphatic heterocycles. The molecule has 3 aromatic carbocycles. The van der Waals surface area contributed by atoms with Crippen LogP contribution in [0.1, 0.15) is 5.56 Å². The fourth-order valence-corrected chi connectivity index (χ4v) is 5.21. The zero-order chi connectivity index (χ0) is 24.5. The molecule has 1 amide bonds. The number of aryl methyl sites for hydroxylation is 1. The summed E-state index contributed by atoms with van der Waals surface area (Å²) in [6.45, 7) is 1.62. The third kappa shape index (κ3) is 4.55. The molecule has 1 heterocycles. The van der Waals surface area contributed by atoms with Gasteiger partial charge in [-0.2, -0.15) is 0 Å². The number of ether oxygens (including phenoxy) is 1. The van der Waals surface area contributed by atoms with Gasteiger partial charge in [0.1, 0.15) is 17.2 Å². The molecule has 0 radical (unpaired) electrons. The average molecular weight is 497 g/mol. The van der Waals surface area contributed by atoms with Crippen molar-refractivity contribution in [2.75, 3.05) is 12.4 Å². The Labute approximate surface area is 201 Å². The minimum atomic E-state index is -4.10. The van der Waals surface area contributed by atoms with Gasteiger partial charge in [0.2, 0.25) is 21.2 Å². The standard InChI is InChI=1S/C25H21ClN2O5S/c1-16-7-10-18(11-8-16)34(31,32)23-14-28(21-6-4-3-5-19(21)25(23)30)15-24(29)27-17-9-12-22(33-2)20(26)13-17/h3-14H,15H2,1-2H3,(H,27,29). The van der Waals surface area contributed by atoms with E-state index in [-0.39, 0.29) is 16.8 Å². The summed E-state index contributed by atoms with van der Waals surface area (Å²) in [6.07, 6.45) is 1.22. The maximum absolute atomic E-state index is 13.3. The van der Waals surface area contributed by atoms with Crippen molar-refractivity contribution in [1.29, 1.82) is 0 Å². The number of carbonyl (C=O) groups is 1. The van der Waals surface area contributed by atoms with Crippen molar-refractivity contribution in [3.8, 4) is 5.75 Å². The number of methoxy groups -OCH3 is 1. The first-order chi connectivity index (χ1) is 16.2. The molecule has 0 aliphatic rings. The number of amides is 1. The second-order valence-electron chi connectivity index (χ2n) is 7.68. The maximum atomic E-state index is 13.3. The molecule has 7 nitrogen and oxygen atoms in total. The van der Waals surface area contributed by atoms with Crippen LogP contribution >= 0.6 is 11.6 Å². The molecule has 0 bridgehead atoms. The lowest BCUT2D eigenvalue weighted by Crippen LogP contribution is -2.23. The summed E-state index contributed by atoms with van der Waals surface area (Å²) in [5.74, 6) is 0.0470. The highest BCUT2D eigenvalue weighted by Crippen LogP contribution is 2.27. The van der Waals surface area contributed by atoms with Crippen LogP contribution in [0.3, 0.4) is 0 Å². The lowest BCUT2D eigenvalue weighted by Gasteiger charge is -2.14. The second kappa shape index (κ2) is 9.32. The molecule has 1 N–H and O–H groups in total. The van der Waals surface area contributed by atoms with E-state index in [2.05, 4.69) is 5.32 Å². The van der Waals surface area contributed by atoms with E-state index in [4.69, 9.17) is 16.3 Å². The Morgan fingerprint density at radius 2 is 1.76 bits per heavy atom. The maximum Gasteiger partial charge on any atom is 0.244 e. The Morgan fingerprint density at radius 3 is 2.44 bits per heavy atom. The number of carbonyl (C=O) groups excluding carboxylic acids is 1. The average Bonchev–Trinajstić information content (AvgIpc) is 2.81. The number of para-hydroxylation sites is 1. The molecular weight excluding hydrogens is 476 g/mol. The Bertz CT molecular complexity index is 1560. The van der Waals surface area contributed by atoms with Crippen LogP contribution in [0, 0.1) is 6.92 Å². The van der Waals surface area contributed by atoms with Crippen LogP contribution in [-0.4, -0.2) is 26.0 Å². The number of hydrogen-bond donors (Lipinski definition) is 1. The molecule has 0 aliphatic carbocycles. The largest absolute Gasteiger partial charge is 0.495 e. The number of nitrogens with one attached hydrogen (secondary N) is 1. The highest BCUT2D eigenvalue weighted by Gasteiger charge is 2.24. The van der Waals surface area contributed by atoms with Crippen molar-refractivity contribution < 1.29 is 17.9 Å². The Morgan fingerprint density at radius 1 is 1.06 bits per heavy atom. The van der Waals surface area contributed by atoms with Gasteiger partial charge in [0.15, 0.2) is 0 Å². The van der Waals surface area contributed by atoms with Gasteiger partial charge in [0.25, 0.3) is 0 Å². The number of halogens is 1. The highest BCUT2D eigenvalue weighted by atomic mass is 35.5. The van der Waals surface area contributed by atoms with Gasteiger partial charge >= 0.3 is 0 Å². The number of fused-ring (bicyclic) bond motifs is 1. The van der Waals surface area contributed by atoms with E-state index >= 15 is 0 Å². The number of hydrogen-bond acceptors (Lipinski definition) is 5. The number of rotatable bonds is 6. The third-order valence-electron chi connectivity index (χ3n) is 5.33. The predicted octanol–water partition coefficient (Wildman–Crippen LogP) is 4.44. The molecular formula is C25H21ClN2O5S. The van der Waals surface area contributed by atoms with E-state index in [0.29, 0.717) is 22.0 Å². The minimum Gasteiger partial charge on any atom is -0.495 e. The van der Waals surface area contributed by atoms with E-state index < -0.39 is 26.1 Å². The third-order valence-corrected chi connectivity index (χ3v) is 7.38. The SMILES string of the molecule is COc1ccc(NC(=O)Cn2cc(S(=O)(=O)c3ccc(C)cc3)c(=O)c3ccccc32)cc1Cl. The quantitative estimate of drug-likeness (QED) is 0.426. The van der Waals surface area contributed by atoms with Crippen LogP contribution in [0.25, 0.3) is 10.9 Å². The molecule has 0 fully saturated rings. The van der Waals surface area contributed by atoms with Gasteiger partial charge < -0.3 is 14.6 Å². The molecule has 4 aromatic rings. The number of aromatic nitrogens is 1. The zero-order valence-corrected chi connectivity index (χ0v) is 20.0. The molecule has 0 saturated carbocycles. The van der Waals surface area contributed by atoms with E-state index in [9.17, 15) is 18.0 Å². The fraction of sp³-hybridized carbons (Fsp3) is 0.120. The number of sulfone groups is 1. The van der Waals surface area contributed by atoms with Crippen molar-refractivity contribution in [3.63, 3.8) is 0 Å². The lowest BCUT2D eigenvalue weighted by molar-refractivity contribution is -0.116. The van der Waals surface area contributed by atoms with Gasteiger partial charge in [-0.05, 0) is 49.4 Å².